The van der Waals surface area contributed by atoms with Crippen molar-refractivity contribution in [1.29, 1.82) is 0 Å². The van der Waals surface area contributed by atoms with Crippen molar-refractivity contribution in [2.45, 2.75) is 6.92 Å². The van der Waals surface area contributed by atoms with Gasteiger partial charge < -0.3 is 9.64 Å². The number of para-hydroxylation sites is 2. The number of anilines is 1. The average molecular weight is 411 g/mol. The van der Waals surface area contributed by atoms with E-state index in [9.17, 15) is 9.59 Å². The normalized spacial score (nSPS) is 11.1. The molecule has 0 aliphatic heterocycles. The fourth-order valence-electron chi connectivity index (χ4n) is 3.39. The topological polar surface area (TPSA) is 72.4 Å². The Morgan fingerprint density at radius 1 is 0.968 bits per heavy atom. The fourth-order valence-corrected chi connectivity index (χ4v) is 3.39. The van der Waals surface area contributed by atoms with Crippen molar-refractivity contribution in [3.63, 3.8) is 0 Å². The van der Waals surface area contributed by atoms with Crippen LogP contribution in [0.25, 0.3) is 27.9 Å². The Kier molecular flexibility index (Phi) is 5.98. The molecule has 0 aliphatic rings. The highest BCUT2D eigenvalue weighted by Gasteiger charge is 2.17. The zero-order valence-corrected chi connectivity index (χ0v) is 17.1. The Morgan fingerprint density at radius 2 is 1.71 bits per heavy atom. The van der Waals surface area contributed by atoms with Gasteiger partial charge in [-0.15, -0.1) is 0 Å². The van der Waals surface area contributed by atoms with E-state index in [1.165, 1.54) is 12.2 Å². The molecule has 0 atom stereocenters. The van der Waals surface area contributed by atoms with E-state index in [0.29, 0.717) is 12.2 Å². The number of hydrogen-bond acceptors (Lipinski definition) is 5. The molecule has 3 aromatic carbocycles. The number of carbonyl (C=O) groups excluding carboxylic acids is 2. The van der Waals surface area contributed by atoms with Gasteiger partial charge in [-0.2, -0.15) is 0 Å². The number of ether oxygens (including phenoxy) is 1. The Labute approximate surface area is 179 Å². The lowest BCUT2D eigenvalue weighted by atomic mass is 10.1. The minimum absolute atomic E-state index is 0.286. The average Bonchev–Trinajstić information content (AvgIpc) is 2.82. The number of hydrogen-bond donors (Lipinski definition) is 0. The number of fused-ring (bicyclic) bond motifs is 2. The summed E-state index contributed by atoms with van der Waals surface area (Å²) in [6, 6.07) is 21.1. The summed E-state index contributed by atoms with van der Waals surface area (Å²) >= 11 is 0. The summed E-state index contributed by atoms with van der Waals surface area (Å²) in [5.41, 5.74) is 2.85. The van der Waals surface area contributed by atoms with Crippen LogP contribution in [0.5, 0.6) is 0 Å². The van der Waals surface area contributed by atoms with E-state index < -0.39 is 5.97 Å². The number of aromatic nitrogens is 2. The molecular formula is C25H21N3O3. The monoisotopic (exact) mass is 411 g/mol. The molecule has 4 aromatic rings. The second kappa shape index (κ2) is 9.17. The minimum atomic E-state index is -0.614. The first-order valence-corrected chi connectivity index (χ1v) is 10.0. The zero-order chi connectivity index (χ0) is 21.6. The third-order valence-electron chi connectivity index (χ3n) is 4.87. The summed E-state index contributed by atoms with van der Waals surface area (Å²) in [7, 11) is 0. The molecule has 0 unspecified atom stereocenters. The van der Waals surface area contributed by atoms with Gasteiger partial charge in [0.15, 0.2) is 6.61 Å². The molecule has 0 radical (unpaired) electrons. The Balaban J connectivity index is 1.41. The molecule has 0 saturated carbocycles. The summed E-state index contributed by atoms with van der Waals surface area (Å²) < 4.78 is 5.16. The quantitative estimate of drug-likeness (QED) is 0.348. The highest BCUT2D eigenvalue weighted by Crippen LogP contribution is 2.26. The predicted octanol–water partition coefficient (Wildman–Crippen LogP) is 4.39. The first kappa shape index (κ1) is 20.2. The molecule has 1 heterocycles. The van der Waals surface area contributed by atoms with Gasteiger partial charge in [-0.05, 0) is 36.6 Å². The number of carbonyl (C=O) groups is 2. The van der Waals surface area contributed by atoms with E-state index in [1.54, 1.807) is 11.1 Å². The van der Waals surface area contributed by atoms with E-state index in [0.717, 1.165) is 27.5 Å². The number of benzene rings is 3. The van der Waals surface area contributed by atoms with Crippen LogP contribution in [0.3, 0.4) is 0 Å². The van der Waals surface area contributed by atoms with Crippen LogP contribution in [-0.2, 0) is 14.3 Å². The smallest absolute Gasteiger partial charge is 0.331 e. The van der Waals surface area contributed by atoms with E-state index in [1.807, 2.05) is 73.7 Å². The van der Waals surface area contributed by atoms with Gasteiger partial charge in [0.25, 0.3) is 5.91 Å². The summed E-state index contributed by atoms with van der Waals surface area (Å²) in [6.45, 7) is 2.01. The number of rotatable bonds is 6. The molecule has 1 aromatic heterocycles. The molecule has 6 nitrogen and oxygen atoms in total. The van der Waals surface area contributed by atoms with E-state index in [4.69, 9.17) is 4.74 Å². The maximum atomic E-state index is 12.7. The van der Waals surface area contributed by atoms with Crippen molar-refractivity contribution in [1.82, 2.24) is 9.97 Å². The first-order valence-electron chi connectivity index (χ1n) is 10.0. The van der Waals surface area contributed by atoms with Gasteiger partial charge in [-0.3, -0.25) is 9.78 Å². The van der Waals surface area contributed by atoms with Crippen LogP contribution < -0.4 is 4.90 Å². The zero-order valence-electron chi connectivity index (χ0n) is 17.1. The van der Waals surface area contributed by atoms with Crippen molar-refractivity contribution >= 4 is 45.4 Å². The van der Waals surface area contributed by atoms with Crippen LogP contribution in [-0.4, -0.2) is 35.0 Å². The number of nitrogens with zero attached hydrogens (tertiary/aromatic N) is 3. The van der Waals surface area contributed by atoms with Crippen molar-refractivity contribution in [3.05, 3.63) is 84.7 Å². The van der Waals surface area contributed by atoms with Crippen LogP contribution in [0.2, 0.25) is 0 Å². The molecule has 0 saturated heterocycles. The van der Waals surface area contributed by atoms with Gasteiger partial charge in [0.1, 0.15) is 0 Å². The Bertz CT molecular complexity index is 1280. The highest BCUT2D eigenvalue weighted by atomic mass is 16.5. The van der Waals surface area contributed by atoms with Crippen LogP contribution in [0.1, 0.15) is 12.6 Å². The SMILES string of the molecule is CCN(C(=O)COC(=O)/C=C/c1cnc2ccccc2n1)c1cccc2ccccc12. The molecule has 154 valence electrons. The Morgan fingerprint density at radius 3 is 2.55 bits per heavy atom. The molecule has 0 fully saturated rings. The maximum Gasteiger partial charge on any atom is 0.331 e. The summed E-state index contributed by atoms with van der Waals surface area (Å²) in [5, 5.41) is 2.02. The lowest BCUT2D eigenvalue weighted by Gasteiger charge is -2.22. The van der Waals surface area contributed by atoms with Gasteiger partial charge in [-0.25, -0.2) is 9.78 Å². The maximum absolute atomic E-state index is 12.7. The molecule has 0 spiro atoms. The minimum Gasteiger partial charge on any atom is -0.452 e. The largest absolute Gasteiger partial charge is 0.452 e. The molecular weight excluding hydrogens is 390 g/mol. The Hall–Kier alpha value is -4.06. The van der Waals surface area contributed by atoms with Crippen molar-refractivity contribution in [3.8, 4) is 0 Å². The lowest BCUT2D eigenvalue weighted by Crippen LogP contribution is -2.34. The second-order valence-electron chi connectivity index (χ2n) is 6.86. The van der Waals surface area contributed by atoms with Gasteiger partial charge in [0, 0.05) is 18.0 Å². The number of esters is 1. The van der Waals surface area contributed by atoms with Gasteiger partial charge in [0.05, 0.1) is 28.6 Å². The van der Waals surface area contributed by atoms with E-state index in [-0.39, 0.29) is 12.5 Å². The summed E-state index contributed by atoms with van der Waals surface area (Å²) in [6.07, 6.45) is 4.35. The third kappa shape index (κ3) is 4.59. The summed E-state index contributed by atoms with van der Waals surface area (Å²) in [5.74, 6) is -0.900. The fraction of sp³-hybridized carbons (Fsp3) is 0.120. The highest BCUT2D eigenvalue weighted by molar-refractivity contribution is 6.04. The van der Waals surface area contributed by atoms with E-state index in [2.05, 4.69) is 9.97 Å². The number of likely N-dealkylation sites (N-methyl/N-ethyl adjacent to an activating group) is 1. The van der Waals surface area contributed by atoms with Gasteiger partial charge >= 0.3 is 5.97 Å². The van der Waals surface area contributed by atoms with E-state index >= 15 is 0 Å². The van der Waals surface area contributed by atoms with Crippen molar-refractivity contribution in [2.75, 3.05) is 18.1 Å². The third-order valence-corrected chi connectivity index (χ3v) is 4.87. The van der Waals surface area contributed by atoms with Crippen molar-refractivity contribution in [2.24, 2.45) is 0 Å². The van der Waals surface area contributed by atoms with Crippen LogP contribution in [0, 0.1) is 0 Å². The van der Waals surface area contributed by atoms with Crippen LogP contribution in [0.4, 0.5) is 5.69 Å². The van der Waals surface area contributed by atoms with Crippen LogP contribution in [0.15, 0.2) is 79.0 Å². The lowest BCUT2D eigenvalue weighted by molar-refractivity contribution is -0.142. The molecule has 0 N–H and O–H groups in total. The molecule has 0 bridgehead atoms. The second-order valence-corrected chi connectivity index (χ2v) is 6.86. The molecule has 31 heavy (non-hydrogen) atoms. The number of amides is 1. The molecule has 0 aliphatic carbocycles. The van der Waals surface area contributed by atoms with Gasteiger partial charge in [0.2, 0.25) is 0 Å². The first-order chi connectivity index (χ1) is 15.2. The summed E-state index contributed by atoms with van der Waals surface area (Å²) in [4.78, 5) is 35.2. The van der Waals surface area contributed by atoms with Crippen molar-refractivity contribution < 1.29 is 14.3 Å². The predicted molar refractivity (Wildman–Crippen MR) is 122 cm³/mol. The molecule has 6 heteroatoms. The van der Waals surface area contributed by atoms with Gasteiger partial charge in [-0.1, -0.05) is 48.5 Å². The molecule has 4 rings (SSSR count). The standard InChI is InChI=1S/C25H21N3O3/c1-2-28(23-13-7-9-18-8-3-4-10-20(18)23)24(29)17-31-25(30)15-14-19-16-26-21-11-5-6-12-22(21)27-19/h3-16H,2,17H2,1H3/b15-14+. The molecule has 1 amide bonds. The van der Waals surface area contributed by atoms with Crippen LogP contribution >= 0.6 is 0 Å².